The van der Waals surface area contributed by atoms with Crippen LogP contribution in [-0.4, -0.2) is 21.1 Å². The van der Waals surface area contributed by atoms with E-state index in [0.717, 1.165) is 0 Å². The van der Waals surface area contributed by atoms with Gasteiger partial charge >= 0.3 is 0 Å². The summed E-state index contributed by atoms with van der Waals surface area (Å²) in [5, 5.41) is 7.19. The van der Waals surface area contributed by atoms with E-state index < -0.39 is 5.91 Å². The van der Waals surface area contributed by atoms with Gasteiger partial charge in [-0.25, -0.2) is 4.98 Å². The van der Waals surface area contributed by atoms with Crippen LogP contribution in [0.4, 0.5) is 0 Å². The molecule has 0 spiro atoms. The van der Waals surface area contributed by atoms with Gasteiger partial charge in [-0.15, -0.1) is 5.10 Å². The van der Waals surface area contributed by atoms with Crippen LogP contribution in [0.25, 0.3) is 0 Å². The Balaban J connectivity index is 3.15. The summed E-state index contributed by atoms with van der Waals surface area (Å²) in [4.78, 5) is 14.3. The van der Waals surface area contributed by atoms with Gasteiger partial charge in [-0.3, -0.25) is 4.79 Å². The van der Waals surface area contributed by atoms with E-state index in [0.29, 0.717) is 11.4 Å². The van der Waals surface area contributed by atoms with Crippen LogP contribution >= 0.6 is 0 Å². The zero-order valence-electron chi connectivity index (χ0n) is 6.33. The molecule has 1 aromatic rings. The first-order chi connectivity index (χ1) is 5.11. The minimum absolute atomic E-state index is 0.0342. The second-order valence-corrected chi connectivity index (χ2v) is 2.17. The zero-order chi connectivity index (χ0) is 8.43. The fourth-order valence-electron chi connectivity index (χ4n) is 0.561. The van der Waals surface area contributed by atoms with Crippen LogP contribution < -0.4 is 5.73 Å². The third-order valence-corrected chi connectivity index (χ3v) is 1.31. The first-order valence-electron chi connectivity index (χ1n) is 3.09. The van der Waals surface area contributed by atoms with E-state index in [9.17, 15) is 4.79 Å². The molecule has 0 bridgehead atoms. The highest BCUT2D eigenvalue weighted by molar-refractivity contribution is 5.88. The van der Waals surface area contributed by atoms with Crippen LogP contribution in [0.2, 0.25) is 0 Å². The van der Waals surface area contributed by atoms with Gasteiger partial charge in [0.15, 0.2) is 0 Å². The van der Waals surface area contributed by atoms with Crippen molar-refractivity contribution in [2.45, 2.75) is 13.8 Å². The number of primary amides is 1. The lowest BCUT2D eigenvalue weighted by atomic mass is 10.4. The van der Waals surface area contributed by atoms with Crippen molar-refractivity contribution in [3.8, 4) is 0 Å². The molecule has 1 rings (SSSR count). The Hall–Kier alpha value is -1.52. The van der Waals surface area contributed by atoms with Crippen molar-refractivity contribution in [3.63, 3.8) is 0 Å². The molecular formula is C6H8N4O. The van der Waals surface area contributed by atoms with Gasteiger partial charge in [0.05, 0.1) is 11.4 Å². The standard InChI is InChI=1S/C6H8N4O/c1-3-4(2)9-10-6(8-3)5(7)11/h1-2H3,(H2,7,11). The molecule has 0 aliphatic heterocycles. The first-order valence-corrected chi connectivity index (χ1v) is 3.09. The number of rotatable bonds is 1. The number of aryl methyl sites for hydroxylation is 2. The summed E-state index contributed by atoms with van der Waals surface area (Å²) in [6.07, 6.45) is 0. The van der Waals surface area contributed by atoms with Crippen molar-refractivity contribution in [2.24, 2.45) is 5.73 Å². The predicted molar refractivity (Wildman–Crippen MR) is 37.8 cm³/mol. The number of hydrogen-bond donors (Lipinski definition) is 1. The molecule has 11 heavy (non-hydrogen) atoms. The Morgan fingerprint density at radius 3 is 2.36 bits per heavy atom. The van der Waals surface area contributed by atoms with Gasteiger partial charge in [-0.05, 0) is 13.8 Å². The summed E-state index contributed by atoms with van der Waals surface area (Å²) in [6, 6.07) is 0. The Kier molecular flexibility index (Phi) is 1.80. The van der Waals surface area contributed by atoms with Crippen LogP contribution in [0.3, 0.4) is 0 Å². The lowest BCUT2D eigenvalue weighted by Crippen LogP contribution is -2.17. The van der Waals surface area contributed by atoms with E-state index in [1.807, 2.05) is 0 Å². The van der Waals surface area contributed by atoms with Crippen molar-refractivity contribution < 1.29 is 4.79 Å². The summed E-state index contributed by atoms with van der Waals surface area (Å²) in [7, 11) is 0. The molecule has 0 unspecified atom stereocenters. The number of carbonyl (C=O) groups is 1. The van der Waals surface area contributed by atoms with E-state index in [2.05, 4.69) is 15.2 Å². The number of nitrogens with zero attached hydrogens (tertiary/aromatic N) is 3. The van der Waals surface area contributed by atoms with Gasteiger partial charge in [0, 0.05) is 0 Å². The minimum atomic E-state index is -0.652. The normalized spacial score (nSPS) is 9.64. The summed E-state index contributed by atoms with van der Waals surface area (Å²) in [5.74, 6) is -0.686. The van der Waals surface area contributed by atoms with Crippen LogP contribution in [0.5, 0.6) is 0 Å². The van der Waals surface area contributed by atoms with E-state index in [-0.39, 0.29) is 5.82 Å². The van der Waals surface area contributed by atoms with Crippen LogP contribution in [0, 0.1) is 13.8 Å². The molecule has 5 heteroatoms. The third kappa shape index (κ3) is 1.49. The Morgan fingerprint density at radius 2 is 1.91 bits per heavy atom. The highest BCUT2D eigenvalue weighted by atomic mass is 16.1. The van der Waals surface area contributed by atoms with E-state index in [1.165, 1.54) is 0 Å². The molecule has 5 nitrogen and oxygen atoms in total. The third-order valence-electron chi connectivity index (χ3n) is 1.31. The van der Waals surface area contributed by atoms with Crippen molar-refractivity contribution in [1.82, 2.24) is 15.2 Å². The maximum absolute atomic E-state index is 10.5. The fraction of sp³-hybridized carbons (Fsp3) is 0.333. The summed E-state index contributed by atoms with van der Waals surface area (Å²) in [6.45, 7) is 3.51. The van der Waals surface area contributed by atoms with Crippen LogP contribution in [-0.2, 0) is 0 Å². The summed E-state index contributed by atoms with van der Waals surface area (Å²) >= 11 is 0. The topological polar surface area (TPSA) is 81.8 Å². The van der Waals surface area contributed by atoms with Gasteiger partial charge in [-0.1, -0.05) is 0 Å². The second-order valence-electron chi connectivity index (χ2n) is 2.17. The molecule has 0 fully saturated rings. The van der Waals surface area contributed by atoms with Crippen molar-refractivity contribution in [1.29, 1.82) is 0 Å². The molecule has 1 amide bonds. The van der Waals surface area contributed by atoms with Gasteiger partial charge < -0.3 is 5.73 Å². The number of aromatic nitrogens is 3. The molecule has 0 radical (unpaired) electrons. The molecular weight excluding hydrogens is 144 g/mol. The van der Waals surface area contributed by atoms with Gasteiger partial charge in [0.2, 0.25) is 5.82 Å². The quantitative estimate of drug-likeness (QED) is 0.592. The van der Waals surface area contributed by atoms with Gasteiger partial charge in [-0.2, -0.15) is 5.10 Å². The smallest absolute Gasteiger partial charge is 0.288 e. The highest BCUT2D eigenvalue weighted by Crippen LogP contribution is 1.96. The Bertz CT molecular complexity index is 297. The van der Waals surface area contributed by atoms with Crippen LogP contribution in [0.15, 0.2) is 0 Å². The van der Waals surface area contributed by atoms with Crippen molar-refractivity contribution in [2.75, 3.05) is 0 Å². The SMILES string of the molecule is Cc1nnc(C(N)=O)nc1C. The molecule has 1 aromatic heterocycles. The highest BCUT2D eigenvalue weighted by Gasteiger charge is 2.05. The molecule has 0 saturated heterocycles. The molecule has 0 aliphatic carbocycles. The molecule has 2 N–H and O–H groups in total. The maximum atomic E-state index is 10.5. The Morgan fingerprint density at radius 1 is 1.27 bits per heavy atom. The monoisotopic (exact) mass is 152 g/mol. The van der Waals surface area contributed by atoms with E-state index in [1.54, 1.807) is 13.8 Å². The molecule has 0 saturated carbocycles. The van der Waals surface area contributed by atoms with Crippen molar-refractivity contribution in [3.05, 3.63) is 17.2 Å². The maximum Gasteiger partial charge on any atom is 0.288 e. The van der Waals surface area contributed by atoms with E-state index in [4.69, 9.17) is 5.73 Å². The predicted octanol–water partition coefficient (Wildman–Crippen LogP) is -0.413. The average molecular weight is 152 g/mol. The molecule has 0 atom stereocenters. The Labute approximate surface area is 63.7 Å². The molecule has 58 valence electrons. The first kappa shape index (κ1) is 7.59. The molecule has 0 aliphatic rings. The number of hydrogen-bond acceptors (Lipinski definition) is 4. The second kappa shape index (κ2) is 2.61. The number of amides is 1. The lowest BCUT2D eigenvalue weighted by Gasteiger charge is -1.96. The largest absolute Gasteiger partial charge is 0.363 e. The number of carbonyl (C=O) groups excluding carboxylic acids is 1. The zero-order valence-corrected chi connectivity index (χ0v) is 6.33. The summed E-state index contributed by atoms with van der Waals surface area (Å²) in [5.41, 5.74) is 6.31. The van der Waals surface area contributed by atoms with Gasteiger partial charge in [0.1, 0.15) is 0 Å². The van der Waals surface area contributed by atoms with Crippen LogP contribution in [0.1, 0.15) is 22.0 Å². The number of nitrogens with two attached hydrogens (primary N) is 1. The average Bonchev–Trinajstić information content (AvgIpc) is 1.94. The fourth-order valence-corrected chi connectivity index (χ4v) is 0.561. The lowest BCUT2D eigenvalue weighted by molar-refractivity contribution is 0.0989. The minimum Gasteiger partial charge on any atom is -0.363 e. The van der Waals surface area contributed by atoms with Gasteiger partial charge in [0.25, 0.3) is 5.91 Å². The molecule has 1 heterocycles. The molecule has 0 aromatic carbocycles. The summed E-state index contributed by atoms with van der Waals surface area (Å²) < 4.78 is 0. The van der Waals surface area contributed by atoms with E-state index >= 15 is 0 Å². The van der Waals surface area contributed by atoms with Crippen molar-refractivity contribution >= 4 is 5.91 Å².